The summed E-state index contributed by atoms with van der Waals surface area (Å²) in [7, 11) is 0. The molecule has 3 N–H and O–H groups in total. The summed E-state index contributed by atoms with van der Waals surface area (Å²) >= 11 is 3.32. The van der Waals surface area contributed by atoms with Crippen molar-refractivity contribution in [3.05, 3.63) is 64.3 Å². The first-order valence-corrected chi connectivity index (χ1v) is 9.96. The fraction of sp³-hybridized carbons (Fsp3) is 0.190. The Morgan fingerprint density at radius 3 is 2.83 bits per heavy atom. The molecule has 0 spiro atoms. The number of unbranched alkanes of at least 4 members (excludes halogenated alkanes) is 1. The van der Waals surface area contributed by atoms with Crippen LogP contribution < -0.4 is 10.2 Å². The quantitative estimate of drug-likeness (QED) is 0.264. The van der Waals surface area contributed by atoms with Crippen LogP contribution in [-0.4, -0.2) is 34.0 Å². The predicted molar refractivity (Wildman–Crippen MR) is 115 cm³/mol. The molecule has 29 heavy (non-hydrogen) atoms. The van der Waals surface area contributed by atoms with Gasteiger partial charge in [-0.3, -0.25) is 9.89 Å². The minimum atomic E-state index is -0.436. The van der Waals surface area contributed by atoms with Gasteiger partial charge in [-0.15, -0.1) is 0 Å². The van der Waals surface area contributed by atoms with E-state index >= 15 is 0 Å². The molecule has 1 heterocycles. The summed E-state index contributed by atoms with van der Waals surface area (Å²) in [5.41, 5.74) is 4.67. The Balaban J connectivity index is 1.61. The van der Waals surface area contributed by atoms with Crippen molar-refractivity contribution in [2.45, 2.75) is 19.8 Å². The van der Waals surface area contributed by atoms with E-state index in [2.05, 4.69) is 43.6 Å². The summed E-state index contributed by atoms with van der Waals surface area (Å²) in [4.78, 5) is 12.2. The highest BCUT2D eigenvalue weighted by atomic mass is 79.9. The van der Waals surface area contributed by atoms with Crippen LogP contribution in [0, 0.1) is 0 Å². The summed E-state index contributed by atoms with van der Waals surface area (Å²) in [6.45, 7) is 2.81. The molecule has 8 heteroatoms. The third-order valence-electron chi connectivity index (χ3n) is 4.10. The molecule has 150 valence electrons. The number of halogens is 1. The third kappa shape index (κ3) is 5.68. The van der Waals surface area contributed by atoms with Gasteiger partial charge in [0.1, 0.15) is 17.2 Å². The number of phenolic OH excluding ortho intramolecular Hbond substituents is 1. The highest BCUT2D eigenvalue weighted by Gasteiger charge is 2.10. The van der Waals surface area contributed by atoms with Gasteiger partial charge in [0.15, 0.2) is 0 Å². The van der Waals surface area contributed by atoms with E-state index in [9.17, 15) is 9.90 Å². The lowest BCUT2D eigenvalue weighted by Crippen LogP contribution is -2.18. The molecule has 0 aliphatic rings. The van der Waals surface area contributed by atoms with Crippen molar-refractivity contribution in [3.63, 3.8) is 0 Å². The Bertz CT molecular complexity index is 999. The van der Waals surface area contributed by atoms with Gasteiger partial charge in [-0.1, -0.05) is 29.3 Å². The fourth-order valence-electron chi connectivity index (χ4n) is 2.49. The molecule has 2 aromatic carbocycles. The lowest BCUT2D eigenvalue weighted by molar-refractivity contribution is 0.0950. The minimum Gasteiger partial charge on any atom is -0.507 e. The minimum absolute atomic E-state index is 0.0668. The van der Waals surface area contributed by atoms with E-state index in [1.54, 1.807) is 18.2 Å². The molecule has 1 amide bonds. The fourth-order valence-corrected chi connectivity index (χ4v) is 2.87. The molecule has 3 rings (SSSR count). The van der Waals surface area contributed by atoms with Gasteiger partial charge in [-0.25, -0.2) is 5.43 Å². The van der Waals surface area contributed by atoms with Crippen LogP contribution in [0.1, 0.15) is 35.8 Å². The predicted octanol–water partition coefficient (Wildman–Crippen LogP) is 4.49. The number of H-pyrrole nitrogens is 1. The van der Waals surface area contributed by atoms with Crippen LogP contribution in [0.3, 0.4) is 0 Å². The molecular weight excluding hydrogens is 436 g/mol. The maximum atomic E-state index is 12.2. The lowest BCUT2D eigenvalue weighted by atomic mass is 10.1. The smallest absolute Gasteiger partial charge is 0.289 e. The zero-order valence-electron chi connectivity index (χ0n) is 15.9. The normalized spacial score (nSPS) is 11.0. The zero-order chi connectivity index (χ0) is 20.6. The highest BCUT2D eigenvalue weighted by Crippen LogP contribution is 2.22. The van der Waals surface area contributed by atoms with Gasteiger partial charge in [-0.2, -0.15) is 10.2 Å². The van der Waals surface area contributed by atoms with E-state index in [-0.39, 0.29) is 11.4 Å². The van der Waals surface area contributed by atoms with Gasteiger partial charge < -0.3 is 9.84 Å². The Hall–Kier alpha value is -3.13. The number of ether oxygens (including phenoxy) is 1. The van der Waals surface area contributed by atoms with Crippen LogP contribution in [-0.2, 0) is 0 Å². The number of carbonyl (C=O) groups excluding carboxylic acids is 1. The number of aromatic amines is 1. The first kappa shape index (κ1) is 20.6. The molecule has 0 saturated carbocycles. The van der Waals surface area contributed by atoms with Gasteiger partial charge in [0.2, 0.25) is 0 Å². The maximum Gasteiger partial charge on any atom is 0.289 e. The van der Waals surface area contributed by atoms with Gasteiger partial charge in [0.25, 0.3) is 5.91 Å². The number of benzene rings is 2. The number of hydrogen-bond donors (Lipinski definition) is 3. The van der Waals surface area contributed by atoms with E-state index in [0.717, 1.165) is 28.6 Å². The number of hydrogen-bond acceptors (Lipinski definition) is 5. The molecule has 0 fully saturated rings. The van der Waals surface area contributed by atoms with Crippen molar-refractivity contribution >= 4 is 28.1 Å². The number of amides is 1. The van der Waals surface area contributed by atoms with E-state index in [4.69, 9.17) is 4.74 Å². The maximum absolute atomic E-state index is 12.2. The Morgan fingerprint density at radius 2 is 2.07 bits per heavy atom. The number of carbonyl (C=O) groups is 1. The van der Waals surface area contributed by atoms with Crippen molar-refractivity contribution in [3.8, 4) is 22.8 Å². The average molecular weight is 457 g/mol. The van der Waals surface area contributed by atoms with Gasteiger partial charge in [0, 0.05) is 15.6 Å². The zero-order valence-corrected chi connectivity index (χ0v) is 17.4. The molecule has 0 saturated heterocycles. The van der Waals surface area contributed by atoms with Gasteiger partial charge >= 0.3 is 0 Å². The number of nitrogens with one attached hydrogen (secondary N) is 2. The van der Waals surface area contributed by atoms with Crippen LogP contribution in [0.15, 0.2) is 58.1 Å². The number of aromatic hydroxyl groups is 1. The van der Waals surface area contributed by atoms with Crippen LogP contribution in [0.25, 0.3) is 11.3 Å². The molecule has 0 bridgehead atoms. The van der Waals surface area contributed by atoms with Gasteiger partial charge in [0.05, 0.1) is 18.5 Å². The second-order valence-electron chi connectivity index (χ2n) is 6.30. The first-order chi connectivity index (χ1) is 14.1. The monoisotopic (exact) mass is 456 g/mol. The van der Waals surface area contributed by atoms with E-state index in [0.29, 0.717) is 17.9 Å². The third-order valence-corrected chi connectivity index (χ3v) is 4.59. The van der Waals surface area contributed by atoms with Gasteiger partial charge in [-0.05, 0) is 55.0 Å². The van der Waals surface area contributed by atoms with Crippen LogP contribution in [0.4, 0.5) is 0 Å². The molecule has 0 radical (unpaired) electrons. The average Bonchev–Trinajstić information content (AvgIpc) is 3.21. The summed E-state index contributed by atoms with van der Waals surface area (Å²) in [6.07, 6.45) is 3.47. The second kappa shape index (κ2) is 9.88. The van der Waals surface area contributed by atoms with Crippen molar-refractivity contribution in [2.75, 3.05) is 6.61 Å². The Kier molecular flexibility index (Phi) is 7.02. The largest absolute Gasteiger partial charge is 0.507 e. The van der Waals surface area contributed by atoms with Crippen LogP contribution in [0.2, 0.25) is 0 Å². The standard InChI is InChI=1S/C21H21BrN4O3/c1-2-3-10-29-17-7-4-14(5-8-17)18-12-19(25-24-18)21(28)26-23-13-15-11-16(22)6-9-20(15)27/h4-9,11-13,27H,2-3,10H2,1H3,(H,24,25)(H,26,28). The SMILES string of the molecule is CCCCOc1ccc(-c2cc(C(=O)NN=Cc3cc(Br)ccc3O)[nH]n2)cc1. The molecule has 0 aliphatic carbocycles. The van der Waals surface area contributed by atoms with Crippen molar-refractivity contribution in [2.24, 2.45) is 5.10 Å². The topological polar surface area (TPSA) is 99.6 Å². The summed E-state index contributed by atoms with van der Waals surface area (Å²) in [6, 6.07) is 14.1. The number of aromatic nitrogens is 2. The Morgan fingerprint density at radius 1 is 1.28 bits per heavy atom. The number of phenols is 1. The number of rotatable bonds is 8. The highest BCUT2D eigenvalue weighted by molar-refractivity contribution is 9.10. The van der Waals surface area contributed by atoms with Crippen molar-refractivity contribution in [1.82, 2.24) is 15.6 Å². The number of hydrazone groups is 1. The summed E-state index contributed by atoms with van der Waals surface area (Å²) < 4.78 is 6.44. The molecule has 0 aliphatic heterocycles. The van der Waals surface area contributed by atoms with Crippen molar-refractivity contribution < 1.29 is 14.6 Å². The van der Waals surface area contributed by atoms with E-state index in [1.165, 1.54) is 12.3 Å². The first-order valence-electron chi connectivity index (χ1n) is 9.17. The van der Waals surface area contributed by atoms with E-state index < -0.39 is 5.91 Å². The Labute approximate surface area is 176 Å². The number of nitrogens with zero attached hydrogens (tertiary/aromatic N) is 2. The molecule has 1 aromatic heterocycles. The van der Waals surface area contributed by atoms with Crippen molar-refractivity contribution in [1.29, 1.82) is 0 Å². The van der Waals surface area contributed by atoms with Crippen LogP contribution in [0.5, 0.6) is 11.5 Å². The molecule has 7 nitrogen and oxygen atoms in total. The summed E-state index contributed by atoms with van der Waals surface area (Å²) in [5, 5.41) is 20.5. The molecule has 3 aromatic rings. The summed E-state index contributed by atoms with van der Waals surface area (Å²) in [5.74, 6) is 0.437. The lowest BCUT2D eigenvalue weighted by Gasteiger charge is -2.05. The molecule has 0 atom stereocenters. The van der Waals surface area contributed by atoms with Crippen LogP contribution >= 0.6 is 15.9 Å². The van der Waals surface area contributed by atoms with E-state index in [1.807, 2.05) is 24.3 Å². The second-order valence-corrected chi connectivity index (χ2v) is 7.21. The molecular formula is C21H21BrN4O3. The molecule has 0 unspecified atom stereocenters.